The highest BCUT2D eigenvalue weighted by molar-refractivity contribution is 5.73. The topological polar surface area (TPSA) is 176 Å². The van der Waals surface area contributed by atoms with E-state index in [9.17, 15) is 14.4 Å². The van der Waals surface area contributed by atoms with Crippen molar-refractivity contribution in [3.63, 3.8) is 0 Å². The average Bonchev–Trinajstić information content (AvgIpc) is 2.84. The van der Waals surface area contributed by atoms with Gasteiger partial charge in [-0.25, -0.2) is 0 Å². The fourth-order valence-corrected chi connectivity index (χ4v) is 0.895. The molecule has 1 fully saturated rings. The number of nitrogens with one attached hydrogen (secondary N) is 1. The van der Waals surface area contributed by atoms with Gasteiger partial charge in [0.2, 0.25) is 0 Å². The number of carboxylic acid groups (broad SMARTS) is 3. The number of hydrogen-bond acceptors (Lipinski definition) is 6. The van der Waals surface area contributed by atoms with Crippen LogP contribution in [0.3, 0.4) is 0 Å². The fraction of sp³-hybridized carbons (Fsp3) is 0.700. The Labute approximate surface area is 110 Å². The molecule has 0 radical (unpaired) electrons. The van der Waals surface area contributed by atoms with Crippen LogP contribution in [0.1, 0.15) is 19.8 Å². The van der Waals surface area contributed by atoms with Crippen molar-refractivity contribution >= 4 is 17.9 Å². The van der Waals surface area contributed by atoms with Gasteiger partial charge in [-0.2, -0.15) is 0 Å². The number of aliphatic carboxylic acids is 3. The van der Waals surface area contributed by atoms with Crippen LogP contribution < -0.4 is 16.8 Å². The Hall–Kier alpha value is -1.71. The molecule has 0 aromatic heterocycles. The fourth-order valence-electron chi connectivity index (χ4n) is 0.895. The Morgan fingerprint density at radius 1 is 1.32 bits per heavy atom. The molecule has 0 amide bonds. The van der Waals surface area contributed by atoms with Gasteiger partial charge in [-0.15, -0.1) is 0 Å². The Kier molecular flexibility index (Phi) is 11.8. The van der Waals surface area contributed by atoms with E-state index < -0.39 is 23.9 Å². The molecule has 1 saturated heterocycles. The lowest BCUT2D eigenvalue weighted by Gasteiger charge is -1.99. The third-order valence-electron chi connectivity index (χ3n) is 1.92. The van der Waals surface area contributed by atoms with Gasteiger partial charge in [0.15, 0.2) is 0 Å². The highest BCUT2D eigenvalue weighted by atomic mass is 16.4. The van der Waals surface area contributed by atoms with Crippen LogP contribution in [0.15, 0.2) is 0 Å². The highest BCUT2D eigenvalue weighted by Crippen LogP contribution is 2.03. The number of hydrogen-bond donors (Lipinski definition) is 6. The minimum Gasteiger partial charge on any atom is -0.480 e. The lowest BCUT2D eigenvalue weighted by molar-refractivity contribution is -0.139. The summed E-state index contributed by atoms with van der Waals surface area (Å²) in [4.78, 5) is 29.0. The van der Waals surface area contributed by atoms with Gasteiger partial charge in [-0.05, 0) is 26.3 Å². The number of rotatable bonds is 3. The van der Waals surface area contributed by atoms with Crippen LogP contribution in [-0.4, -0.2) is 58.4 Å². The zero-order valence-electron chi connectivity index (χ0n) is 10.7. The molecule has 1 heterocycles. The molecule has 2 unspecified atom stereocenters. The van der Waals surface area contributed by atoms with E-state index in [1.165, 1.54) is 6.92 Å². The Morgan fingerprint density at radius 2 is 1.74 bits per heavy atom. The van der Waals surface area contributed by atoms with E-state index >= 15 is 0 Å². The second-order valence-electron chi connectivity index (χ2n) is 3.71. The summed E-state index contributed by atoms with van der Waals surface area (Å²) in [6.07, 6.45) is 1.78. The van der Waals surface area contributed by atoms with Crippen LogP contribution in [0.4, 0.5) is 0 Å². The lowest BCUT2D eigenvalue weighted by Crippen LogP contribution is -2.29. The van der Waals surface area contributed by atoms with Crippen LogP contribution in [0, 0.1) is 0 Å². The molecule has 0 aromatic carbocycles. The summed E-state index contributed by atoms with van der Waals surface area (Å²) in [7, 11) is 0. The molecular formula is C10H21N3O6. The van der Waals surface area contributed by atoms with E-state index in [2.05, 4.69) is 11.1 Å². The summed E-state index contributed by atoms with van der Waals surface area (Å²) in [5, 5.41) is 26.7. The maximum atomic E-state index is 10.1. The second-order valence-corrected chi connectivity index (χ2v) is 3.71. The normalized spacial score (nSPS) is 18.2. The minimum atomic E-state index is -0.968. The van der Waals surface area contributed by atoms with Crippen LogP contribution in [0.2, 0.25) is 0 Å². The lowest BCUT2D eigenvalue weighted by atomic mass is 10.2. The van der Waals surface area contributed by atoms with Crippen molar-refractivity contribution in [2.45, 2.75) is 31.8 Å². The summed E-state index contributed by atoms with van der Waals surface area (Å²) in [5.74, 6) is -2.65. The first-order valence-electron chi connectivity index (χ1n) is 5.58. The van der Waals surface area contributed by atoms with Gasteiger partial charge in [0.05, 0.1) is 6.54 Å². The molecule has 0 bridgehead atoms. The van der Waals surface area contributed by atoms with E-state index in [0.717, 1.165) is 19.4 Å². The van der Waals surface area contributed by atoms with Crippen LogP contribution in [0.5, 0.6) is 0 Å². The van der Waals surface area contributed by atoms with Gasteiger partial charge in [0.1, 0.15) is 12.1 Å². The molecule has 0 aromatic rings. The highest BCUT2D eigenvalue weighted by Gasteiger charge is 2.20. The molecule has 1 aliphatic heterocycles. The van der Waals surface area contributed by atoms with E-state index in [1.807, 2.05) is 0 Å². The third-order valence-corrected chi connectivity index (χ3v) is 1.92. The van der Waals surface area contributed by atoms with Gasteiger partial charge in [-0.3, -0.25) is 14.4 Å². The predicted octanol–water partition coefficient (Wildman–Crippen LogP) is -1.73. The number of carboxylic acids is 3. The molecule has 9 heteroatoms. The van der Waals surface area contributed by atoms with Crippen LogP contribution >= 0.6 is 0 Å². The van der Waals surface area contributed by atoms with Crippen molar-refractivity contribution in [2.24, 2.45) is 11.5 Å². The van der Waals surface area contributed by atoms with E-state index in [1.54, 1.807) is 0 Å². The van der Waals surface area contributed by atoms with Crippen molar-refractivity contribution in [2.75, 3.05) is 13.1 Å². The van der Waals surface area contributed by atoms with Gasteiger partial charge in [-0.1, -0.05) is 0 Å². The summed E-state index contributed by atoms with van der Waals surface area (Å²) in [6, 6.07) is -1.00. The molecule has 1 aliphatic rings. The zero-order valence-corrected chi connectivity index (χ0v) is 10.7. The SMILES string of the molecule is CC(N)C(=O)O.NCC(=O)O.O=C(O)C1CCCN1. The van der Waals surface area contributed by atoms with Crippen LogP contribution in [0.25, 0.3) is 0 Å². The molecule has 2 atom stereocenters. The Morgan fingerprint density at radius 3 is 1.84 bits per heavy atom. The smallest absolute Gasteiger partial charge is 0.320 e. The molecule has 0 spiro atoms. The molecular weight excluding hydrogens is 258 g/mol. The van der Waals surface area contributed by atoms with E-state index in [4.69, 9.17) is 21.1 Å². The van der Waals surface area contributed by atoms with E-state index in [0.29, 0.717) is 0 Å². The summed E-state index contributed by atoms with van der Waals surface area (Å²) in [6.45, 7) is 2.00. The van der Waals surface area contributed by atoms with Crippen molar-refractivity contribution < 1.29 is 29.7 Å². The van der Waals surface area contributed by atoms with Crippen molar-refractivity contribution in [1.29, 1.82) is 0 Å². The summed E-state index contributed by atoms with van der Waals surface area (Å²) < 4.78 is 0. The number of nitrogens with two attached hydrogens (primary N) is 2. The van der Waals surface area contributed by atoms with Crippen LogP contribution in [-0.2, 0) is 14.4 Å². The first kappa shape index (κ1) is 19.6. The van der Waals surface area contributed by atoms with Gasteiger partial charge in [0, 0.05) is 0 Å². The molecule has 8 N–H and O–H groups in total. The largest absolute Gasteiger partial charge is 0.480 e. The monoisotopic (exact) mass is 279 g/mol. The molecule has 0 aliphatic carbocycles. The second kappa shape index (κ2) is 11.4. The van der Waals surface area contributed by atoms with E-state index in [-0.39, 0.29) is 12.6 Å². The van der Waals surface area contributed by atoms with Gasteiger partial charge < -0.3 is 32.1 Å². The molecule has 19 heavy (non-hydrogen) atoms. The minimum absolute atomic E-state index is 0.269. The van der Waals surface area contributed by atoms with Gasteiger partial charge in [0.25, 0.3) is 0 Å². The average molecular weight is 279 g/mol. The van der Waals surface area contributed by atoms with Crippen molar-refractivity contribution in [3.05, 3.63) is 0 Å². The molecule has 1 rings (SSSR count). The summed E-state index contributed by atoms with van der Waals surface area (Å²) >= 11 is 0. The Balaban J connectivity index is 0. The predicted molar refractivity (Wildman–Crippen MR) is 66.6 cm³/mol. The number of carbonyl (C=O) groups is 3. The molecule has 9 nitrogen and oxygen atoms in total. The maximum absolute atomic E-state index is 10.1. The van der Waals surface area contributed by atoms with Crippen molar-refractivity contribution in [1.82, 2.24) is 5.32 Å². The Bertz CT molecular complexity index is 289. The molecule has 0 saturated carbocycles. The zero-order chi connectivity index (χ0) is 15.4. The quantitative estimate of drug-likeness (QED) is 0.350. The maximum Gasteiger partial charge on any atom is 0.320 e. The van der Waals surface area contributed by atoms with Gasteiger partial charge >= 0.3 is 17.9 Å². The first-order valence-corrected chi connectivity index (χ1v) is 5.58. The molecule has 112 valence electrons. The first-order chi connectivity index (χ1) is 8.72. The van der Waals surface area contributed by atoms with Crippen molar-refractivity contribution in [3.8, 4) is 0 Å². The standard InChI is InChI=1S/C5H9NO2.C3H7NO2.C2H5NO2/c7-5(8)4-2-1-3-6-4;1-2(4)3(5)6;3-1-2(4)5/h4,6H,1-3H2,(H,7,8);2H,4H2,1H3,(H,5,6);1,3H2,(H,4,5). The summed E-state index contributed by atoms with van der Waals surface area (Å²) in [5.41, 5.74) is 9.41. The third kappa shape index (κ3) is 14.2.